The van der Waals surface area contributed by atoms with Crippen LogP contribution in [0.4, 0.5) is 10.9 Å². The van der Waals surface area contributed by atoms with E-state index in [1.54, 1.807) is 17.5 Å². The van der Waals surface area contributed by atoms with Crippen LogP contribution in [0.3, 0.4) is 0 Å². The normalized spacial score (nSPS) is 11.6. The van der Waals surface area contributed by atoms with Gasteiger partial charge in [-0.15, -0.1) is 11.3 Å². The van der Waals surface area contributed by atoms with Crippen molar-refractivity contribution in [2.24, 2.45) is 0 Å². The molecule has 0 radical (unpaired) electrons. The minimum absolute atomic E-state index is 0.180. The maximum Gasteiger partial charge on any atom is 0.188 e. The molecule has 0 atom stereocenters. The zero-order valence-corrected chi connectivity index (χ0v) is 12.0. The number of rotatable bonds is 4. The van der Waals surface area contributed by atoms with Crippen molar-refractivity contribution < 1.29 is 0 Å². The number of nitrogens with one attached hydrogen (secondary N) is 1. The van der Waals surface area contributed by atoms with Crippen LogP contribution in [0.2, 0.25) is 0 Å². The lowest BCUT2D eigenvalue weighted by molar-refractivity contribution is 0.516. The smallest absolute Gasteiger partial charge is 0.188 e. The Bertz CT molecular complexity index is 533. The van der Waals surface area contributed by atoms with E-state index in [1.165, 1.54) is 4.88 Å². The summed E-state index contributed by atoms with van der Waals surface area (Å²) in [6.07, 6.45) is 4.79. The fraction of sp³-hybridized carbons (Fsp3) is 0.462. The van der Waals surface area contributed by atoms with Crippen LogP contribution in [0.25, 0.3) is 0 Å². The SMILES string of the molecule is CCC(C)(C)c1cnc(Nc2ccnc(C)n2)s1. The number of hydrogen-bond donors (Lipinski definition) is 1. The maximum atomic E-state index is 4.40. The first kappa shape index (κ1) is 13.0. The average Bonchev–Trinajstić information content (AvgIpc) is 2.78. The van der Waals surface area contributed by atoms with Gasteiger partial charge in [-0.25, -0.2) is 15.0 Å². The molecule has 1 N–H and O–H groups in total. The summed E-state index contributed by atoms with van der Waals surface area (Å²) < 4.78 is 0. The van der Waals surface area contributed by atoms with Crippen molar-refractivity contribution in [3.05, 3.63) is 29.2 Å². The molecule has 0 saturated heterocycles. The Kier molecular flexibility index (Phi) is 3.61. The summed E-state index contributed by atoms with van der Waals surface area (Å²) in [4.78, 5) is 14.1. The summed E-state index contributed by atoms with van der Waals surface area (Å²) in [5.41, 5.74) is 0.180. The molecule has 5 heteroatoms. The highest BCUT2D eigenvalue weighted by Gasteiger charge is 2.21. The number of nitrogens with zero attached hydrogens (tertiary/aromatic N) is 3. The van der Waals surface area contributed by atoms with E-state index in [0.29, 0.717) is 0 Å². The fourth-order valence-electron chi connectivity index (χ4n) is 1.45. The van der Waals surface area contributed by atoms with E-state index in [1.807, 2.05) is 19.2 Å². The van der Waals surface area contributed by atoms with Gasteiger partial charge in [0.1, 0.15) is 11.6 Å². The van der Waals surface area contributed by atoms with E-state index in [9.17, 15) is 0 Å². The lowest BCUT2D eigenvalue weighted by Crippen LogP contribution is -2.12. The maximum absolute atomic E-state index is 4.40. The molecular formula is C13H18N4S. The van der Waals surface area contributed by atoms with Crippen LogP contribution in [0.15, 0.2) is 18.5 Å². The second kappa shape index (κ2) is 5.02. The van der Waals surface area contributed by atoms with Crippen molar-refractivity contribution in [1.82, 2.24) is 15.0 Å². The monoisotopic (exact) mass is 262 g/mol. The van der Waals surface area contributed by atoms with E-state index in [-0.39, 0.29) is 5.41 Å². The van der Waals surface area contributed by atoms with Gasteiger partial charge in [0.2, 0.25) is 0 Å². The lowest BCUT2D eigenvalue weighted by Gasteiger charge is -2.19. The first-order valence-corrected chi connectivity index (χ1v) is 6.86. The van der Waals surface area contributed by atoms with Gasteiger partial charge in [0.15, 0.2) is 5.13 Å². The molecule has 2 rings (SSSR count). The zero-order chi connectivity index (χ0) is 13.2. The molecule has 0 aliphatic rings. The Balaban J connectivity index is 2.16. The second-order valence-corrected chi connectivity index (χ2v) is 5.91. The van der Waals surface area contributed by atoms with Crippen LogP contribution in [-0.4, -0.2) is 15.0 Å². The molecule has 0 aromatic carbocycles. The summed E-state index contributed by atoms with van der Waals surface area (Å²) in [6, 6.07) is 1.85. The number of thiazole rings is 1. The molecule has 0 saturated carbocycles. The number of hydrogen-bond acceptors (Lipinski definition) is 5. The standard InChI is InChI=1S/C13H18N4S/c1-5-13(3,4)10-8-15-12(18-10)17-11-6-7-14-9(2)16-11/h6-8H,5H2,1-4H3,(H,14,15,16,17). The molecule has 0 aliphatic carbocycles. The molecule has 0 amide bonds. The van der Waals surface area contributed by atoms with Gasteiger partial charge >= 0.3 is 0 Å². The number of anilines is 2. The molecule has 2 aromatic heterocycles. The van der Waals surface area contributed by atoms with Gasteiger partial charge in [0, 0.05) is 22.7 Å². The van der Waals surface area contributed by atoms with Crippen LogP contribution < -0.4 is 5.32 Å². The van der Waals surface area contributed by atoms with Crippen molar-refractivity contribution in [3.63, 3.8) is 0 Å². The van der Waals surface area contributed by atoms with Crippen LogP contribution in [0.5, 0.6) is 0 Å². The summed E-state index contributed by atoms with van der Waals surface area (Å²) >= 11 is 1.68. The number of aromatic nitrogens is 3. The predicted octanol–water partition coefficient (Wildman–Crippen LogP) is 3.67. The Morgan fingerprint density at radius 2 is 2.11 bits per heavy atom. The van der Waals surface area contributed by atoms with Gasteiger partial charge in [0.05, 0.1) is 0 Å². The van der Waals surface area contributed by atoms with Crippen molar-refractivity contribution in [2.45, 2.75) is 39.5 Å². The highest BCUT2D eigenvalue weighted by Crippen LogP contribution is 2.33. The van der Waals surface area contributed by atoms with Gasteiger partial charge < -0.3 is 5.32 Å². The molecule has 18 heavy (non-hydrogen) atoms. The quantitative estimate of drug-likeness (QED) is 0.913. The zero-order valence-electron chi connectivity index (χ0n) is 11.2. The van der Waals surface area contributed by atoms with Crippen molar-refractivity contribution in [2.75, 3.05) is 5.32 Å². The Labute approximate surface area is 112 Å². The number of aryl methyl sites for hydroxylation is 1. The molecule has 0 aliphatic heterocycles. The van der Waals surface area contributed by atoms with Crippen LogP contribution >= 0.6 is 11.3 Å². The highest BCUT2D eigenvalue weighted by atomic mass is 32.1. The van der Waals surface area contributed by atoms with E-state index in [4.69, 9.17) is 0 Å². The van der Waals surface area contributed by atoms with Gasteiger partial charge in [-0.05, 0) is 19.4 Å². The van der Waals surface area contributed by atoms with Crippen LogP contribution in [0.1, 0.15) is 37.9 Å². The first-order valence-electron chi connectivity index (χ1n) is 6.04. The van der Waals surface area contributed by atoms with Crippen LogP contribution in [-0.2, 0) is 5.41 Å². The third kappa shape index (κ3) is 2.85. The first-order chi connectivity index (χ1) is 8.51. The van der Waals surface area contributed by atoms with Gasteiger partial charge in [0.25, 0.3) is 0 Å². The lowest BCUT2D eigenvalue weighted by atomic mass is 9.89. The average molecular weight is 262 g/mol. The van der Waals surface area contributed by atoms with Gasteiger partial charge in [-0.2, -0.15) is 0 Å². The van der Waals surface area contributed by atoms with Gasteiger partial charge in [-0.3, -0.25) is 0 Å². The summed E-state index contributed by atoms with van der Waals surface area (Å²) in [7, 11) is 0. The largest absolute Gasteiger partial charge is 0.316 e. The third-order valence-electron chi connectivity index (χ3n) is 3.07. The van der Waals surface area contributed by atoms with Crippen molar-refractivity contribution in [3.8, 4) is 0 Å². The van der Waals surface area contributed by atoms with E-state index >= 15 is 0 Å². The third-order valence-corrected chi connectivity index (χ3v) is 4.35. The minimum atomic E-state index is 0.180. The van der Waals surface area contributed by atoms with E-state index in [0.717, 1.165) is 23.2 Å². The van der Waals surface area contributed by atoms with Gasteiger partial charge in [-0.1, -0.05) is 20.8 Å². The predicted molar refractivity (Wildman–Crippen MR) is 75.5 cm³/mol. The molecule has 4 nitrogen and oxygen atoms in total. The topological polar surface area (TPSA) is 50.7 Å². The molecule has 0 spiro atoms. The summed E-state index contributed by atoms with van der Waals surface area (Å²) in [5, 5.41) is 4.10. The van der Waals surface area contributed by atoms with E-state index < -0.39 is 0 Å². The molecule has 0 unspecified atom stereocenters. The molecule has 2 aromatic rings. The second-order valence-electron chi connectivity index (χ2n) is 4.88. The van der Waals surface area contributed by atoms with Crippen LogP contribution in [0, 0.1) is 6.92 Å². The molecule has 0 fully saturated rings. The molecule has 0 bridgehead atoms. The van der Waals surface area contributed by atoms with E-state index in [2.05, 4.69) is 41.0 Å². The van der Waals surface area contributed by atoms with Crippen molar-refractivity contribution >= 4 is 22.3 Å². The molecule has 2 heterocycles. The van der Waals surface area contributed by atoms with Crippen molar-refractivity contribution in [1.29, 1.82) is 0 Å². The minimum Gasteiger partial charge on any atom is -0.316 e. The molecular weight excluding hydrogens is 244 g/mol. The Morgan fingerprint density at radius 1 is 1.33 bits per heavy atom. The Hall–Kier alpha value is -1.49. The highest BCUT2D eigenvalue weighted by molar-refractivity contribution is 7.15. The fourth-order valence-corrected chi connectivity index (χ4v) is 2.45. The summed E-state index contributed by atoms with van der Waals surface area (Å²) in [5.74, 6) is 1.54. The summed E-state index contributed by atoms with van der Waals surface area (Å²) in [6.45, 7) is 8.54. The Morgan fingerprint density at radius 3 is 2.78 bits per heavy atom. The molecule has 96 valence electrons.